The van der Waals surface area contributed by atoms with Crippen molar-refractivity contribution in [3.63, 3.8) is 0 Å². The van der Waals surface area contributed by atoms with Gasteiger partial charge in [-0.05, 0) is 46.3 Å². The highest BCUT2D eigenvalue weighted by Gasteiger charge is 2.15. The summed E-state index contributed by atoms with van der Waals surface area (Å²) in [4.78, 5) is 0. The molecule has 0 unspecified atom stereocenters. The number of hydrogen-bond donors (Lipinski definition) is 2. The summed E-state index contributed by atoms with van der Waals surface area (Å²) in [5.74, 6) is 1.49. The molecule has 0 bridgehead atoms. The van der Waals surface area contributed by atoms with E-state index in [1.165, 1.54) is 0 Å². The van der Waals surface area contributed by atoms with Gasteiger partial charge in [0.25, 0.3) is 0 Å². The van der Waals surface area contributed by atoms with Gasteiger partial charge in [-0.15, -0.1) is 0 Å². The third kappa shape index (κ3) is 3.40. The fourth-order valence-corrected chi connectivity index (χ4v) is 2.40. The molecule has 0 heterocycles. The Hall–Kier alpha value is -1.92. The normalized spacial score (nSPS) is 11.3. The minimum atomic E-state index is -0.125. The lowest BCUT2D eigenvalue weighted by Gasteiger charge is -2.13. The molecular formula is C14H12BrClN2O3. The van der Waals surface area contributed by atoms with Crippen LogP contribution in [0.15, 0.2) is 46.0 Å². The molecule has 0 radical (unpaired) electrons. The van der Waals surface area contributed by atoms with Gasteiger partial charge in [0.05, 0.1) is 22.2 Å². The third-order valence-electron chi connectivity index (χ3n) is 2.70. The maximum Gasteiger partial charge on any atom is 0.175 e. The SMILES string of the molecule is COc1ccc(Oc2cccc(Cl)c2/C(N)=N/O)c(Br)c1. The summed E-state index contributed by atoms with van der Waals surface area (Å²) in [5.41, 5.74) is 5.96. The van der Waals surface area contributed by atoms with E-state index in [-0.39, 0.29) is 5.84 Å². The highest BCUT2D eigenvalue weighted by atomic mass is 79.9. The largest absolute Gasteiger partial charge is 0.497 e. The van der Waals surface area contributed by atoms with Crippen molar-refractivity contribution in [3.8, 4) is 17.2 Å². The smallest absolute Gasteiger partial charge is 0.175 e. The second-order valence-corrected chi connectivity index (χ2v) is 5.26. The van der Waals surface area contributed by atoms with Gasteiger partial charge in [-0.25, -0.2) is 0 Å². The molecule has 0 saturated heterocycles. The van der Waals surface area contributed by atoms with E-state index in [1.54, 1.807) is 43.5 Å². The first-order valence-electron chi connectivity index (χ1n) is 5.84. The number of benzene rings is 2. The van der Waals surface area contributed by atoms with Crippen molar-refractivity contribution in [2.45, 2.75) is 0 Å². The zero-order chi connectivity index (χ0) is 15.4. The van der Waals surface area contributed by atoms with Crippen molar-refractivity contribution >= 4 is 33.4 Å². The quantitative estimate of drug-likeness (QED) is 0.368. The third-order valence-corrected chi connectivity index (χ3v) is 3.63. The molecule has 21 heavy (non-hydrogen) atoms. The van der Waals surface area contributed by atoms with Crippen LogP contribution in [0.3, 0.4) is 0 Å². The number of methoxy groups -OCH3 is 1. The fraction of sp³-hybridized carbons (Fsp3) is 0.0714. The van der Waals surface area contributed by atoms with Crippen molar-refractivity contribution in [1.29, 1.82) is 0 Å². The van der Waals surface area contributed by atoms with Crippen LogP contribution < -0.4 is 15.2 Å². The van der Waals surface area contributed by atoms with E-state index in [0.29, 0.717) is 32.3 Å². The van der Waals surface area contributed by atoms with Crippen LogP contribution in [-0.2, 0) is 0 Å². The van der Waals surface area contributed by atoms with Crippen molar-refractivity contribution in [2.24, 2.45) is 10.9 Å². The molecular weight excluding hydrogens is 360 g/mol. The number of hydrogen-bond acceptors (Lipinski definition) is 4. The van der Waals surface area contributed by atoms with Crippen LogP contribution in [0.25, 0.3) is 0 Å². The predicted molar refractivity (Wildman–Crippen MR) is 84.7 cm³/mol. The molecule has 0 aromatic heterocycles. The maximum atomic E-state index is 8.85. The molecule has 0 aliphatic heterocycles. The Kier molecular flexibility index (Phi) is 4.93. The fourth-order valence-electron chi connectivity index (χ4n) is 1.70. The lowest BCUT2D eigenvalue weighted by atomic mass is 10.2. The molecule has 0 spiro atoms. The van der Waals surface area contributed by atoms with Crippen LogP contribution >= 0.6 is 27.5 Å². The molecule has 2 aromatic carbocycles. The molecule has 0 aliphatic carbocycles. The van der Waals surface area contributed by atoms with Gasteiger partial charge >= 0.3 is 0 Å². The zero-order valence-corrected chi connectivity index (χ0v) is 13.4. The maximum absolute atomic E-state index is 8.85. The molecule has 0 amide bonds. The van der Waals surface area contributed by atoms with E-state index in [4.69, 9.17) is 32.0 Å². The van der Waals surface area contributed by atoms with Crippen molar-refractivity contribution < 1.29 is 14.7 Å². The average molecular weight is 372 g/mol. The standard InChI is InChI=1S/C14H12BrClN2O3/c1-20-8-5-6-11(9(15)7-8)21-12-4-2-3-10(16)13(12)14(17)18-19/h2-7,19H,1H3,(H2,17,18). The molecule has 0 saturated carbocycles. The van der Waals surface area contributed by atoms with E-state index < -0.39 is 0 Å². The first kappa shape index (κ1) is 15.5. The number of halogens is 2. The molecule has 0 aliphatic rings. The lowest BCUT2D eigenvalue weighted by molar-refractivity contribution is 0.318. The summed E-state index contributed by atoms with van der Waals surface area (Å²) in [6.45, 7) is 0. The van der Waals surface area contributed by atoms with Crippen LogP contribution in [0, 0.1) is 0 Å². The minimum absolute atomic E-state index is 0.125. The Balaban J connectivity index is 2.43. The van der Waals surface area contributed by atoms with Gasteiger partial charge in [0, 0.05) is 0 Å². The highest BCUT2D eigenvalue weighted by molar-refractivity contribution is 9.10. The zero-order valence-electron chi connectivity index (χ0n) is 11.0. The Morgan fingerprint density at radius 3 is 2.67 bits per heavy atom. The van der Waals surface area contributed by atoms with Gasteiger partial charge in [-0.3, -0.25) is 0 Å². The molecule has 3 N–H and O–H groups in total. The topological polar surface area (TPSA) is 77.1 Å². The van der Waals surface area contributed by atoms with Crippen LogP contribution in [0.5, 0.6) is 17.2 Å². The number of amidine groups is 1. The molecule has 110 valence electrons. The van der Waals surface area contributed by atoms with Crippen LogP contribution in [0.1, 0.15) is 5.56 Å². The Labute approximate surface area is 135 Å². The summed E-state index contributed by atoms with van der Waals surface area (Å²) in [6.07, 6.45) is 0. The molecule has 2 rings (SSSR count). The number of nitrogens with zero attached hydrogens (tertiary/aromatic N) is 1. The minimum Gasteiger partial charge on any atom is -0.497 e. The number of oxime groups is 1. The Morgan fingerprint density at radius 1 is 1.29 bits per heavy atom. The second kappa shape index (κ2) is 6.69. The Bertz CT molecular complexity index is 692. The second-order valence-electron chi connectivity index (χ2n) is 4.00. The first-order chi connectivity index (χ1) is 10.1. The van der Waals surface area contributed by atoms with Crippen molar-refractivity contribution in [3.05, 3.63) is 51.5 Å². The van der Waals surface area contributed by atoms with Gasteiger partial charge in [0.15, 0.2) is 5.84 Å². The summed E-state index contributed by atoms with van der Waals surface area (Å²) in [5, 5.41) is 12.1. The van der Waals surface area contributed by atoms with Gasteiger partial charge in [0.1, 0.15) is 17.2 Å². The number of rotatable bonds is 4. The summed E-state index contributed by atoms with van der Waals surface area (Å²) >= 11 is 9.47. The molecule has 0 atom stereocenters. The summed E-state index contributed by atoms with van der Waals surface area (Å²) in [7, 11) is 1.58. The summed E-state index contributed by atoms with van der Waals surface area (Å²) in [6, 6.07) is 10.3. The molecule has 5 nitrogen and oxygen atoms in total. The van der Waals surface area contributed by atoms with Gasteiger partial charge in [-0.1, -0.05) is 22.8 Å². The van der Waals surface area contributed by atoms with Crippen LogP contribution in [0.4, 0.5) is 0 Å². The van der Waals surface area contributed by atoms with E-state index >= 15 is 0 Å². The number of ether oxygens (including phenoxy) is 2. The number of nitrogens with two attached hydrogens (primary N) is 1. The van der Waals surface area contributed by atoms with Crippen molar-refractivity contribution in [1.82, 2.24) is 0 Å². The lowest BCUT2D eigenvalue weighted by Crippen LogP contribution is -2.14. The van der Waals surface area contributed by atoms with E-state index in [2.05, 4.69) is 21.1 Å². The van der Waals surface area contributed by atoms with E-state index in [0.717, 1.165) is 0 Å². The van der Waals surface area contributed by atoms with Gasteiger partial charge in [0.2, 0.25) is 0 Å². The molecule has 0 fully saturated rings. The van der Waals surface area contributed by atoms with Crippen molar-refractivity contribution in [2.75, 3.05) is 7.11 Å². The monoisotopic (exact) mass is 370 g/mol. The molecule has 2 aromatic rings. The molecule has 7 heteroatoms. The van der Waals surface area contributed by atoms with Gasteiger partial charge < -0.3 is 20.4 Å². The Morgan fingerprint density at radius 2 is 2.05 bits per heavy atom. The average Bonchev–Trinajstić information content (AvgIpc) is 2.48. The van der Waals surface area contributed by atoms with Gasteiger partial charge in [-0.2, -0.15) is 0 Å². The van der Waals surface area contributed by atoms with E-state index in [9.17, 15) is 0 Å². The first-order valence-corrected chi connectivity index (χ1v) is 7.01. The van der Waals surface area contributed by atoms with E-state index in [1.807, 2.05) is 0 Å². The van der Waals surface area contributed by atoms with Crippen LogP contribution in [-0.4, -0.2) is 18.2 Å². The predicted octanol–water partition coefficient (Wildman–Crippen LogP) is 4.00. The van der Waals surface area contributed by atoms with Crippen LogP contribution in [0.2, 0.25) is 5.02 Å². The highest BCUT2D eigenvalue weighted by Crippen LogP contribution is 2.35. The summed E-state index contributed by atoms with van der Waals surface area (Å²) < 4.78 is 11.6.